The molecule has 0 aliphatic carbocycles. The third-order valence-corrected chi connectivity index (χ3v) is 5.14. The molecular formula is C23H25N5O3. The van der Waals surface area contributed by atoms with Crippen molar-refractivity contribution < 1.29 is 14.3 Å². The number of benzene rings is 1. The van der Waals surface area contributed by atoms with Gasteiger partial charge in [-0.2, -0.15) is 0 Å². The standard InChI is InChI=1S/C23H25N5O3/c1-4-21(29)28-9-7-16(8-10-28)14-25-23-20(22(24)26-15-27-23)6-5-17-11-18(30-2)13-19(12-17)31-3/h1,11-13,15-16H,7-10,14H2,2-3H3,(H3,24,25,26,27). The van der Waals surface area contributed by atoms with Crippen molar-refractivity contribution in [1.82, 2.24) is 14.9 Å². The SMILES string of the molecule is C#CC(=O)N1CCC(CNc2ncnc(N)c2C#Cc2cc(OC)cc(OC)c2)CC1. The summed E-state index contributed by atoms with van der Waals surface area (Å²) < 4.78 is 10.6. The lowest BCUT2D eigenvalue weighted by Crippen LogP contribution is -2.39. The number of hydrogen-bond acceptors (Lipinski definition) is 7. The molecule has 8 heteroatoms. The van der Waals surface area contributed by atoms with E-state index in [-0.39, 0.29) is 5.91 Å². The Bertz CT molecular complexity index is 1020. The van der Waals surface area contributed by atoms with Gasteiger partial charge in [0.2, 0.25) is 0 Å². The van der Waals surface area contributed by atoms with Gasteiger partial charge in [0.1, 0.15) is 35.0 Å². The number of carbonyl (C=O) groups is 1. The zero-order valence-electron chi connectivity index (χ0n) is 17.6. The number of hydrogen-bond donors (Lipinski definition) is 2. The van der Waals surface area contributed by atoms with Crippen LogP contribution in [0.2, 0.25) is 0 Å². The van der Waals surface area contributed by atoms with Gasteiger partial charge >= 0.3 is 0 Å². The number of methoxy groups -OCH3 is 2. The molecule has 2 aromatic rings. The molecule has 1 aromatic heterocycles. The van der Waals surface area contributed by atoms with Gasteiger partial charge in [0, 0.05) is 31.3 Å². The number of anilines is 2. The average Bonchev–Trinajstić information content (AvgIpc) is 2.81. The van der Waals surface area contributed by atoms with Crippen molar-refractivity contribution in [2.24, 2.45) is 5.92 Å². The number of ether oxygens (including phenoxy) is 2. The number of amides is 1. The minimum Gasteiger partial charge on any atom is -0.497 e. The summed E-state index contributed by atoms with van der Waals surface area (Å²) in [6.45, 7) is 2.01. The van der Waals surface area contributed by atoms with Crippen molar-refractivity contribution in [3.8, 4) is 35.7 Å². The number of terminal acetylenes is 1. The maximum absolute atomic E-state index is 11.6. The number of nitrogens with zero attached hydrogens (tertiary/aromatic N) is 3. The number of rotatable bonds is 5. The zero-order valence-corrected chi connectivity index (χ0v) is 17.6. The number of nitrogens with one attached hydrogen (secondary N) is 1. The minimum absolute atomic E-state index is 0.248. The molecule has 0 saturated carbocycles. The first-order valence-electron chi connectivity index (χ1n) is 9.89. The molecule has 31 heavy (non-hydrogen) atoms. The maximum atomic E-state index is 11.6. The number of piperidine rings is 1. The zero-order chi connectivity index (χ0) is 22.2. The van der Waals surface area contributed by atoms with Crippen molar-refractivity contribution in [3.63, 3.8) is 0 Å². The predicted octanol–water partition coefficient (Wildman–Crippen LogP) is 1.76. The van der Waals surface area contributed by atoms with Gasteiger partial charge in [-0.25, -0.2) is 9.97 Å². The topological polar surface area (TPSA) is 103 Å². The summed E-state index contributed by atoms with van der Waals surface area (Å²) in [5, 5.41) is 3.34. The van der Waals surface area contributed by atoms with Gasteiger partial charge in [-0.3, -0.25) is 4.79 Å². The van der Waals surface area contributed by atoms with Crippen LogP contribution >= 0.6 is 0 Å². The van der Waals surface area contributed by atoms with E-state index >= 15 is 0 Å². The quantitative estimate of drug-likeness (QED) is 0.712. The molecule has 2 heterocycles. The highest BCUT2D eigenvalue weighted by Gasteiger charge is 2.22. The van der Waals surface area contributed by atoms with E-state index in [1.54, 1.807) is 25.2 Å². The third-order valence-electron chi connectivity index (χ3n) is 5.14. The van der Waals surface area contributed by atoms with Crippen LogP contribution in [0.5, 0.6) is 11.5 Å². The van der Waals surface area contributed by atoms with Crippen LogP contribution in [-0.4, -0.2) is 54.6 Å². The molecule has 160 valence electrons. The van der Waals surface area contributed by atoms with E-state index in [1.807, 2.05) is 12.1 Å². The lowest BCUT2D eigenvalue weighted by molar-refractivity contribution is -0.126. The van der Waals surface area contributed by atoms with Gasteiger partial charge < -0.3 is 25.4 Å². The normalized spacial score (nSPS) is 13.5. The Balaban J connectivity index is 1.72. The van der Waals surface area contributed by atoms with E-state index in [9.17, 15) is 4.79 Å². The molecule has 1 aliphatic heterocycles. The molecule has 1 saturated heterocycles. The van der Waals surface area contributed by atoms with Gasteiger partial charge in [-0.1, -0.05) is 11.8 Å². The number of nitrogen functional groups attached to an aromatic ring is 1. The van der Waals surface area contributed by atoms with E-state index in [0.717, 1.165) is 18.4 Å². The molecule has 0 bridgehead atoms. The van der Waals surface area contributed by atoms with Gasteiger partial charge in [0.25, 0.3) is 5.91 Å². The fraction of sp³-hybridized carbons (Fsp3) is 0.348. The molecule has 0 atom stereocenters. The first-order valence-corrected chi connectivity index (χ1v) is 9.89. The molecule has 1 fully saturated rings. The summed E-state index contributed by atoms with van der Waals surface area (Å²) in [6.07, 6.45) is 8.34. The highest BCUT2D eigenvalue weighted by molar-refractivity contribution is 5.92. The Hall–Kier alpha value is -3.91. The van der Waals surface area contributed by atoms with Crippen LogP contribution in [0.3, 0.4) is 0 Å². The molecule has 3 rings (SSSR count). The summed E-state index contributed by atoms with van der Waals surface area (Å²) in [5.74, 6) is 10.6. The second kappa shape index (κ2) is 10.2. The fourth-order valence-electron chi connectivity index (χ4n) is 3.34. The molecule has 0 spiro atoms. The molecule has 0 radical (unpaired) electrons. The van der Waals surface area contributed by atoms with Crippen LogP contribution in [0, 0.1) is 30.1 Å². The summed E-state index contributed by atoms with van der Waals surface area (Å²) in [6, 6.07) is 5.41. The first kappa shape index (κ1) is 21.8. The smallest absolute Gasteiger partial charge is 0.298 e. The Kier molecular flexibility index (Phi) is 7.18. The Labute approximate surface area is 182 Å². The van der Waals surface area contributed by atoms with Crippen LogP contribution in [0.1, 0.15) is 24.0 Å². The summed E-state index contributed by atoms with van der Waals surface area (Å²) >= 11 is 0. The van der Waals surface area contributed by atoms with Crippen LogP contribution in [0.4, 0.5) is 11.6 Å². The van der Waals surface area contributed by atoms with Crippen molar-refractivity contribution in [3.05, 3.63) is 35.7 Å². The fourth-order valence-corrected chi connectivity index (χ4v) is 3.34. The van der Waals surface area contributed by atoms with Crippen molar-refractivity contribution >= 4 is 17.5 Å². The van der Waals surface area contributed by atoms with Crippen molar-refractivity contribution in [2.45, 2.75) is 12.8 Å². The average molecular weight is 419 g/mol. The minimum atomic E-state index is -0.248. The first-order chi connectivity index (χ1) is 15.0. The highest BCUT2D eigenvalue weighted by Crippen LogP contribution is 2.23. The van der Waals surface area contributed by atoms with Gasteiger partial charge in [0.05, 0.1) is 14.2 Å². The summed E-state index contributed by atoms with van der Waals surface area (Å²) in [4.78, 5) is 21.7. The van der Waals surface area contributed by atoms with Crippen LogP contribution in [0.15, 0.2) is 24.5 Å². The van der Waals surface area contributed by atoms with E-state index in [0.29, 0.717) is 54.3 Å². The molecule has 8 nitrogen and oxygen atoms in total. The number of aromatic nitrogens is 2. The largest absolute Gasteiger partial charge is 0.497 e. The molecule has 1 aliphatic rings. The number of carbonyl (C=O) groups excluding carboxylic acids is 1. The molecule has 1 aromatic carbocycles. The van der Waals surface area contributed by atoms with Gasteiger partial charge in [-0.15, -0.1) is 6.42 Å². The number of nitrogens with two attached hydrogens (primary N) is 1. The third kappa shape index (κ3) is 5.58. The van der Waals surface area contributed by atoms with Gasteiger partial charge in [-0.05, 0) is 36.8 Å². The second-order valence-electron chi connectivity index (χ2n) is 7.09. The maximum Gasteiger partial charge on any atom is 0.298 e. The molecule has 3 N–H and O–H groups in total. The van der Waals surface area contributed by atoms with Crippen molar-refractivity contribution in [1.29, 1.82) is 0 Å². The Morgan fingerprint density at radius 2 is 1.87 bits per heavy atom. The lowest BCUT2D eigenvalue weighted by atomic mass is 9.96. The van der Waals surface area contributed by atoms with E-state index < -0.39 is 0 Å². The monoisotopic (exact) mass is 419 g/mol. The van der Waals surface area contributed by atoms with Crippen LogP contribution in [0.25, 0.3) is 0 Å². The molecule has 0 unspecified atom stereocenters. The van der Waals surface area contributed by atoms with E-state index in [4.69, 9.17) is 21.6 Å². The van der Waals surface area contributed by atoms with Crippen LogP contribution in [-0.2, 0) is 4.79 Å². The Morgan fingerprint density at radius 3 is 2.48 bits per heavy atom. The predicted molar refractivity (Wildman–Crippen MR) is 119 cm³/mol. The summed E-state index contributed by atoms with van der Waals surface area (Å²) in [7, 11) is 3.17. The van der Waals surface area contributed by atoms with Crippen molar-refractivity contribution in [2.75, 3.05) is 44.9 Å². The van der Waals surface area contributed by atoms with E-state index in [1.165, 1.54) is 6.33 Å². The summed E-state index contributed by atoms with van der Waals surface area (Å²) in [5.41, 5.74) is 7.32. The lowest BCUT2D eigenvalue weighted by Gasteiger charge is -2.30. The molecular weight excluding hydrogens is 394 g/mol. The molecule has 1 amide bonds. The van der Waals surface area contributed by atoms with E-state index in [2.05, 4.69) is 33.0 Å². The highest BCUT2D eigenvalue weighted by atomic mass is 16.5. The van der Waals surface area contributed by atoms with Gasteiger partial charge in [0.15, 0.2) is 0 Å². The number of likely N-dealkylation sites (tertiary alicyclic amines) is 1. The van der Waals surface area contributed by atoms with Crippen LogP contribution < -0.4 is 20.5 Å². The second-order valence-corrected chi connectivity index (χ2v) is 7.09. The Morgan fingerprint density at radius 1 is 1.19 bits per heavy atom.